The highest BCUT2D eigenvalue weighted by Gasteiger charge is 2.13. The number of hydrogen-bond donors (Lipinski definition) is 2. The highest BCUT2D eigenvalue weighted by molar-refractivity contribution is 9.09. The second-order valence-corrected chi connectivity index (χ2v) is 6.33. The number of nitrogens with one attached hydrogen (secondary N) is 1. The minimum atomic E-state index is -0.316. The Morgan fingerprint density at radius 2 is 2.17 bits per heavy atom. The molecule has 0 fully saturated rings. The molecule has 1 amide bonds. The smallest absolute Gasteiger partial charge is 0.255 e. The molecule has 0 saturated carbocycles. The molecule has 3 nitrogen and oxygen atoms in total. The fraction of sp³-hybridized carbons (Fsp3) is 0.462. The number of halogens is 2. The topological polar surface area (TPSA) is 49.3 Å². The van der Waals surface area contributed by atoms with Crippen molar-refractivity contribution in [3.63, 3.8) is 0 Å². The molecule has 0 aliphatic carbocycles. The maximum Gasteiger partial charge on any atom is 0.255 e. The number of rotatable bonds is 5. The molecule has 1 rings (SSSR count). The number of carbonyl (C=O) groups is 1. The van der Waals surface area contributed by atoms with E-state index in [1.165, 1.54) is 12.1 Å². The van der Waals surface area contributed by atoms with Crippen LogP contribution in [0.15, 0.2) is 18.2 Å². The molecule has 1 atom stereocenters. The third kappa shape index (κ3) is 4.86. The van der Waals surface area contributed by atoms with Crippen LogP contribution >= 0.6 is 27.5 Å². The van der Waals surface area contributed by atoms with E-state index in [1.54, 1.807) is 6.07 Å². The van der Waals surface area contributed by atoms with Crippen LogP contribution in [0.2, 0.25) is 5.02 Å². The second-order valence-electron chi connectivity index (χ2n) is 4.60. The minimum absolute atomic E-state index is 0.0631. The molecule has 0 radical (unpaired) electrons. The lowest BCUT2D eigenvalue weighted by molar-refractivity contribution is 0.0950. The minimum Gasteiger partial charge on any atom is -0.507 e. The predicted octanol–water partition coefficient (Wildman–Crippen LogP) is 3.59. The van der Waals surface area contributed by atoms with Gasteiger partial charge in [-0.2, -0.15) is 0 Å². The number of phenols is 1. The van der Waals surface area contributed by atoms with Crippen LogP contribution in [-0.2, 0) is 0 Å². The van der Waals surface area contributed by atoms with Crippen LogP contribution in [0.3, 0.4) is 0 Å². The van der Waals surface area contributed by atoms with Crippen molar-refractivity contribution in [1.29, 1.82) is 0 Å². The molecular formula is C13H17BrClNO2. The first kappa shape index (κ1) is 15.3. The van der Waals surface area contributed by atoms with Crippen LogP contribution in [0.5, 0.6) is 5.75 Å². The van der Waals surface area contributed by atoms with Gasteiger partial charge in [-0.15, -0.1) is 0 Å². The highest BCUT2D eigenvalue weighted by Crippen LogP contribution is 2.21. The third-order valence-electron chi connectivity index (χ3n) is 2.41. The van der Waals surface area contributed by atoms with Gasteiger partial charge in [-0.3, -0.25) is 4.79 Å². The maximum atomic E-state index is 11.9. The van der Waals surface area contributed by atoms with Gasteiger partial charge in [0.05, 0.1) is 5.56 Å². The van der Waals surface area contributed by atoms with Gasteiger partial charge in [0.2, 0.25) is 0 Å². The number of amides is 1. The van der Waals surface area contributed by atoms with Gasteiger partial charge < -0.3 is 10.4 Å². The molecule has 0 spiro atoms. The van der Waals surface area contributed by atoms with Crippen LogP contribution in [0.1, 0.15) is 30.6 Å². The van der Waals surface area contributed by atoms with E-state index in [0.717, 1.165) is 6.42 Å². The molecule has 1 aromatic carbocycles. The number of phenolic OH excluding ortho intramolecular Hbond substituents is 1. The van der Waals surface area contributed by atoms with Gasteiger partial charge in [0.15, 0.2) is 0 Å². The molecule has 5 heteroatoms. The van der Waals surface area contributed by atoms with E-state index in [1.807, 2.05) is 0 Å². The van der Waals surface area contributed by atoms with E-state index in [0.29, 0.717) is 17.5 Å². The zero-order chi connectivity index (χ0) is 13.7. The van der Waals surface area contributed by atoms with E-state index < -0.39 is 0 Å². The summed E-state index contributed by atoms with van der Waals surface area (Å²) in [6, 6.07) is 4.41. The number of benzene rings is 1. The fourth-order valence-electron chi connectivity index (χ4n) is 1.58. The zero-order valence-electron chi connectivity index (χ0n) is 10.4. The summed E-state index contributed by atoms with van der Waals surface area (Å²) < 4.78 is 0. The molecule has 1 aromatic rings. The molecular weight excluding hydrogens is 318 g/mol. The lowest BCUT2D eigenvalue weighted by Crippen LogP contribution is -2.30. The lowest BCUT2D eigenvalue weighted by Gasteiger charge is -2.13. The molecule has 100 valence electrons. The average molecular weight is 335 g/mol. The third-order valence-corrected chi connectivity index (χ3v) is 3.35. The number of aromatic hydroxyl groups is 1. The van der Waals surface area contributed by atoms with Gasteiger partial charge in [0.1, 0.15) is 5.75 Å². The quantitative estimate of drug-likeness (QED) is 0.809. The SMILES string of the molecule is CC(C)CC(Br)CNC(=O)c1cc(Cl)ccc1O. The first-order chi connectivity index (χ1) is 8.40. The Morgan fingerprint density at radius 3 is 2.78 bits per heavy atom. The average Bonchev–Trinajstić information content (AvgIpc) is 2.28. The van der Waals surface area contributed by atoms with Crippen molar-refractivity contribution in [2.24, 2.45) is 5.92 Å². The summed E-state index contributed by atoms with van der Waals surface area (Å²) in [5.41, 5.74) is 0.201. The lowest BCUT2D eigenvalue weighted by atomic mass is 10.1. The van der Waals surface area contributed by atoms with Crippen molar-refractivity contribution in [1.82, 2.24) is 5.32 Å². The first-order valence-electron chi connectivity index (χ1n) is 5.81. The van der Waals surface area contributed by atoms with Crippen molar-refractivity contribution in [2.45, 2.75) is 25.1 Å². The van der Waals surface area contributed by atoms with E-state index in [-0.39, 0.29) is 22.0 Å². The molecule has 2 N–H and O–H groups in total. The monoisotopic (exact) mass is 333 g/mol. The summed E-state index contributed by atoms with van der Waals surface area (Å²) in [6.07, 6.45) is 0.974. The maximum absolute atomic E-state index is 11.9. The van der Waals surface area contributed by atoms with Crippen molar-refractivity contribution in [3.05, 3.63) is 28.8 Å². The van der Waals surface area contributed by atoms with E-state index >= 15 is 0 Å². The number of carbonyl (C=O) groups excluding carboxylic acids is 1. The molecule has 18 heavy (non-hydrogen) atoms. The molecule has 0 saturated heterocycles. The molecule has 1 unspecified atom stereocenters. The Kier molecular flexibility index (Phi) is 5.96. The number of hydrogen-bond acceptors (Lipinski definition) is 2. The zero-order valence-corrected chi connectivity index (χ0v) is 12.8. The number of alkyl halides is 1. The molecule has 0 aromatic heterocycles. The molecule has 0 bridgehead atoms. The van der Waals surface area contributed by atoms with E-state index in [9.17, 15) is 9.90 Å². The Hall–Kier alpha value is -0.740. The standard InChI is InChI=1S/C13H17BrClNO2/c1-8(2)5-9(14)7-16-13(18)11-6-10(15)3-4-12(11)17/h3-4,6,8-9,17H,5,7H2,1-2H3,(H,16,18). The summed E-state index contributed by atoms with van der Waals surface area (Å²) in [6.45, 7) is 4.76. The van der Waals surface area contributed by atoms with Gasteiger partial charge in [-0.25, -0.2) is 0 Å². The van der Waals surface area contributed by atoms with Gasteiger partial charge >= 0.3 is 0 Å². The van der Waals surface area contributed by atoms with E-state index in [4.69, 9.17) is 11.6 Å². The summed E-state index contributed by atoms with van der Waals surface area (Å²) in [4.78, 5) is 12.1. The Labute approximate surface area is 121 Å². The highest BCUT2D eigenvalue weighted by atomic mass is 79.9. The van der Waals surface area contributed by atoms with Crippen LogP contribution in [0.4, 0.5) is 0 Å². The summed E-state index contributed by atoms with van der Waals surface area (Å²) in [5, 5.41) is 12.8. The van der Waals surface area contributed by atoms with Gasteiger partial charge in [0, 0.05) is 16.4 Å². The van der Waals surface area contributed by atoms with Crippen molar-refractivity contribution < 1.29 is 9.90 Å². The predicted molar refractivity (Wildman–Crippen MR) is 77.6 cm³/mol. The van der Waals surface area contributed by atoms with Gasteiger partial charge in [0.25, 0.3) is 5.91 Å². The summed E-state index contributed by atoms with van der Waals surface area (Å²) in [5.74, 6) is 0.181. The molecule has 0 aliphatic heterocycles. The van der Waals surface area contributed by atoms with Gasteiger partial charge in [-0.1, -0.05) is 41.4 Å². The van der Waals surface area contributed by atoms with Crippen LogP contribution < -0.4 is 5.32 Å². The first-order valence-corrected chi connectivity index (χ1v) is 7.10. The fourth-order valence-corrected chi connectivity index (χ4v) is 2.67. The van der Waals surface area contributed by atoms with Crippen LogP contribution in [0.25, 0.3) is 0 Å². The Morgan fingerprint density at radius 1 is 1.50 bits per heavy atom. The van der Waals surface area contributed by atoms with Crippen LogP contribution in [-0.4, -0.2) is 22.4 Å². The van der Waals surface area contributed by atoms with Crippen molar-refractivity contribution in [2.75, 3.05) is 6.54 Å². The normalized spacial score (nSPS) is 12.5. The largest absolute Gasteiger partial charge is 0.507 e. The second kappa shape index (κ2) is 7.00. The van der Waals surface area contributed by atoms with Crippen molar-refractivity contribution >= 4 is 33.4 Å². The van der Waals surface area contributed by atoms with E-state index in [2.05, 4.69) is 35.1 Å². The Balaban J connectivity index is 2.58. The Bertz CT molecular complexity index is 423. The molecule has 0 aliphatic rings. The van der Waals surface area contributed by atoms with Gasteiger partial charge in [-0.05, 0) is 30.5 Å². The molecule has 0 heterocycles. The van der Waals surface area contributed by atoms with Crippen LogP contribution in [0, 0.1) is 5.92 Å². The summed E-state index contributed by atoms with van der Waals surface area (Å²) in [7, 11) is 0. The van der Waals surface area contributed by atoms with Crippen molar-refractivity contribution in [3.8, 4) is 5.75 Å². The summed E-state index contributed by atoms with van der Waals surface area (Å²) >= 11 is 9.30.